The summed E-state index contributed by atoms with van der Waals surface area (Å²) in [5, 5.41) is 0. The molecule has 0 aliphatic carbocycles. The lowest BCUT2D eigenvalue weighted by Gasteiger charge is -2.11. The predicted octanol–water partition coefficient (Wildman–Crippen LogP) is 2.76. The molecule has 0 unspecified atom stereocenters. The molecule has 0 bridgehead atoms. The van der Waals surface area contributed by atoms with Gasteiger partial charge in [-0.3, -0.25) is 0 Å². The number of ether oxygens (including phenoxy) is 5. The molecule has 0 N–H and O–H groups in total. The smallest absolute Gasteiger partial charge is 0.265 e. The van der Waals surface area contributed by atoms with Crippen molar-refractivity contribution in [2.75, 3.05) is 21.0 Å². The Morgan fingerprint density at radius 3 is 2.57 bits per heavy atom. The summed E-state index contributed by atoms with van der Waals surface area (Å²) in [7, 11) is 2.78. The first-order valence-corrected chi connectivity index (χ1v) is 6.07. The number of nitrogens with zero attached hydrogens (tertiary/aromatic N) is 1. The van der Waals surface area contributed by atoms with Crippen LogP contribution in [0.1, 0.15) is 0 Å². The van der Waals surface area contributed by atoms with E-state index in [2.05, 4.69) is 4.98 Å². The highest BCUT2D eigenvalue weighted by Gasteiger charge is 2.17. The first-order valence-electron chi connectivity index (χ1n) is 6.07. The van der Waals surface area contributed by atoms with Crippen LogP contribution in [-0.2, 0) is 0 Å². The molecule has 6 nitrogen and oxygen atoms in total. The standard InChI is InChI=1S/C14H12FNO5/c1-17-11-6-12(18-2)14(16-13(11)15)21-8-3-4-9-10(5-8)20-7-19-9/h3-6H,7H2,1-2H3. The molecule has 0 fully saturated rings. The van der Waals surface area contributed by atoms with Crippen LogP contribution in [0, 0.1) is 5.95 Å². The molecule has 1 aliphatic heterocycles. The second kappa shape index (κ2) is 5.35. The molecule has 0 spiro atoms. The van der Waals surface area contributed by atoms with E-state index in [4.69, 9.17) is 23.7 Å². The summed E-state index contributed by atoms with van der Waals surface area (Å²) in [5.41, 5.74) is 0. The van der Waals surface area contributed by atoms with Gasteiger partial charge in [0.05, 0.1) is 14.2 Å². The number of hydrogen-bond donors (Lipinski definition) is 0. The highest BCUT2D eigenvalue weighted by molar-refractivity contribution is 5.49. The Morgan fingerprint density at radius 1 is 1.05 bits per heavy atom. The lowest BCUT2D eigenvalue weighted by Crippen LogP contribution is -1.98. The minimum absolute atomic E-state index is 0.00494. The van der Waals surface area contributed by atoms with Crippen molar-refractivity contribution in [1.82, 2.24) is 4.98 Å². The zero-order valence-corrected chi connectivity index (χ0v) is 11.4. The van der Waals surface area contributed by atoms with Crippen LogP contribution in [0.25, 0.3) is 0 Å². The van der Waals surface area contributed by atoms with Gasteiger partial charge in [0.1, 0.15) is 5.75 Å². The predicted molar refractivity (Wildman–Crippen MR) is 69.9 cm³/mol. The van der Waals surface area contributed by atoms with Crippen LogP contribution in [0.3, 0.4) is 0 Å². The van der Waals surface area contributed by atoms with Gasteiger partial charge < -0.3 is 23.7 Å². The van der Waals surface area contributed by atoms with Gasteiger partial charge in [0.15, 0.2) is 23.0 Å². The molecule has 0 amide bonds. The van der Waals surface area contributed by atoms with Crippen molar-refractivity contribution >= 4 is 0 Å². The SMILES string of the molecule is COc1cc(OC)c(Oc2ccc3c(c2)OCO3)nc1F. The second-order valence-corrected chi connectivity index (χ2v) is 4.11. The Hall–Kier alpha value is -2.70. The Balaban J connectivity index is 1.92. The van der Waals surface area contributed by atoms with Gasteiger partial charge >= 0.3 is 0 Å². The quantitative estimate of drug-likeness (QED) is 0.808. The van der Waals surface area contributed by atoms with Crippen molar-refractivity contribution in [2.45, 2.75) is 0 Å². The number of hydrogen-bond acceptors (Lipinski definition) is 6. The number of halogens is 1. The Morgan fingerprint density at radius 2 is 1.81 bits per heavy atom. The van der Waals surface area contributed by atoms with Crippen LogP contribution in [0.15, 0.2) is 24.3 Å². The molecule has 3 rings (SSSR count). The molecule has 0 radical (unpaired) electrons. The number of pyridine rings is 1. The first kappa shape index (κ1) is 13.3. The fourth-order valence-electron chi connectivity index (χ4n) is 1.85. The van der Waals surface area contributed by atoms with Crippen LogP contribution in [0.5, 0.6) is 34.6 Å². The van der Waals surface area contributed by atoms with E-state index in [-0.39, 0.29) is 24.2 Å². The number of benzene rings is 1. The van der Waals surface area contributed by atoms with Gasteiger partial charge in [0.2, 0.25) is 6.79 Å². The van der Waals surface area contributed by atoms with Crippen LogP contribution >= 0.6 is 0 Å². The van der Waals surface area contributed by atoms with Crippen molar-refractivity contribution in [3.05, 3.63) is 30.2 Å². The molecule has 7 heteroatoms. The van der Waals surface area contributed by atoms with E-state index in [0.717, 1.165) is 0 Å². The van der Waals surface area contributed by atoms with Gasteiger partial charge in [-0.25, -0.2) is 0 Å². The van der Waals surface area contributed by atoms with E-state index in [1.54, 1.807) is 18.2 Å². The highest BCUT2D eigenvalue weighted by Crippen LogP contribution is 2.38. The van der Waals surface area contributed by atoms with Crippen LogP contribution in [0.4, 0.5) is 4.39 Å². The third kappa shape index (κ3) is 2.49. The third-order valence-corrected chi connectivity index (χ3v) is 2.87. The van der Waals surface area contributed by atoms with E-state index in [1.165, 1.54) is 20.3 Å². The Kier molecular flexibility index (Phi) is 3.39. The molecule has 2 heterocycles. The minimum Gasteiger partial charge on any atom is -0.492 e. The molecule has 1 aliphatic rings. The molecule has 1 aromatic carbocycles. The zero-order valence-electron chi connectivity index (χ0n) is 11.4. The summed E-state index contributed by atoms with van der Waals surface area (Å²) in [6, 6.07) is 6.36. The maximum Gasteiger partial charge on any atom is 0.265 e. The van der Waals surface area contributed by atoms with Crippen molar-refractivity contribution in [3.63, 3.8) is 0 Å². The lowest BCUT2D eigenvalue weighted by molar-refractivity contribution is 0.174. The highest BCUT2D eigenvalue weighted by atomic mass is 19.1. The van der Waals surface area contributed by atoms with Gasteiger partial charge in [-0.2, -0.15) is 9.37 Å². The van der Waals surface area contributed by atoms with E-state index in [0.29, 0.717) is 17.2 Å². The van der Waals surface area contributed by atoms with Crippen LogP contribution < -0.4 is 23.7 Å². The minimum atomic E-state index is -0.783. The molecule has 110 valence electrons. The largest absolute Gasteiger partial charge is 0.492 e. The number of aromatic nitrogens is 1. The summed E-state index contributed by atoms with van der Waals surface area (Å²) in [5.74, 6) is 1.05. The molecular weight excluding hydrogens is 281 g/mol. The number of rotatable bonds is 4. The van der Waals surface area contributed by atoms with Gasteiger partial charge in [0, 0.05) is 12.1 Å². The Labute approximate surface area is 120 Å². The summed E-state index contributed by atoms with van der Waals surface area (Å²) < 4.78 is 39.6. The first-order chi connectivity index (χ1) is 10.2. The van der Waals surface area contributed by atoms with Gasteiger partial charge in [-0.1, -0.05) is 0 Å². The average Bonchev–Trinajstić information content (AvgIpc) is 2.95. The third-order valence-electron chi connectivity index (χ3n) is 2.87. The molecule has 2 aromatic rings. The molecule has 1 aromatic heterocycles. The molecule has 0 atom stereocenters. The fraction of sp³-hybridized carbons (Fsp3) is 0.214. The van der Waals surface area contributed by atoms with E-state index >= 15 is 0 Å². The molecule has 0 saturated carbocycles. The van der Waals surface area contributed by atoms with Gasteiger partial charge in [-0.15, -0.1) is 0 Å². The van der Waals surface area contributed by atoms with Crippen LogP contribution in [0.2, 0.25) is 0 Å². The molecular formula is C14H12FNO5. The topological polar surface area (TPSA) is 59.0 Å². The normalized spacial score (nSPS) is 12.1. The van der Waals surface area contributed by atoms with Gasteiger partial charge in [0.25, 0.3) is 11.8 Å². The van der Waals surface area contributed by atoms with Crippen molar-refractivity contribution < 1.29 is 28.1 Å². The van der Waals surface area contributed by atoms with Crippen LogP contribution in [-0.4, -0.2) is 26.0 Å². The average molecular weight is 293 g/mol. The molecule has 21 heavy (non-hydrogen) atoms. The van der Waals surface area contributed by atoms with E-state index in [9.17, 15) is 4.39 Å². The van der Waals surface area contributed by atoms with Crippen molar-refractivity contribution in [3.8, 4) is 34.6 Å². The van der Waals surface area contributed by atoms with Gasteiger partial charge in [-0.05, 0) is 12.1 Å². The van der Waals surface area contributed by atoms with Crippen molar-refractivity contribution in [1.29, 1.82) is 0 Å². The summed E-state index contributed by atoms with van der Waals surface area (Å²) in [6.45, 7) is 0.164. The van der Waals surface area contributed by atoms with Crippen molar-refractivity contribution in [2.24, 2.45) is 0 Å². The lowest BCUT2D eigenvalue weighted by atomic mass is 10.3. The maximum atomic E-state index is 13.7. The summed E-state index contributed by atoms with van der Waals surface area (Å²) in [6.07, 6.45) is 0. The molecule has 0 saturated heterocycles. The number of methoxy groups -OCH3 is 2. The van der Waals surface area contributed by atoms with E-state index < -0.39 is 5.95 Å². The summed E-state index contributed by atoms with van der Waals surface area (Å²) in [4.78, 5) is 3.69. The van der Waals surface area contributed by atoms with E-state index in [1.807, 2.05) is 0 Å². The summed E-state index contributed by atoms with van der Waals surface area (Å²) >= 11 is 0. The monoisotopic (exact) mass is 293 g/mol. The second-order valence-electron chi connectivity index (χ2n) is 4.11. The maximum absolute atomic E-state index is 13.7. The Bertz CT molecular complexity index is 677. The fourth-order valence-corrected chi connectivity index (χ4v) is 1.85. The zero-order chi connectivity index (χ0) is 14.8. The number of fused-ring (bicyclic) bond motifs is 1.